The zero-order chi connectivity index (χ0) is 39.0. The fraction of sp³-hybridized carbons (Fsp3) is 0.0938. The summed E-state index contributed by atoms with van der Waals surface area (Å²) in [6, 6.07) is 21.5. The van der Waals surface area contributed by atoms with Gasteiger partial charge in [0.05, 0.1) is 44.5 Å². The van der Waals surface area contributed by atoms with Gasteiger partial charge in [0.2, 0.25) is 17.8 Å². The van der Waals surface area contributed by atoms with Gasteiger partial charge in [0.1, 0.15) is 0 Å². The number of nitrogens with one attached hydrogen (secondary N) is 2. The Bertz CT molecular complexity index is 2450. The molecule has 0 spiro atoms. The summed E-state index contributed by atoms with van der Waals surface area (Å²) < 4.78 is 64.0. The van der Waals surface area contributed by atoms with Crippen molar-refractivity contribution in [3.05, 3.63) is 102 Å². The number of nitrogens with zero attached hydrogens (tertiary/aromatic N) is 8. The number of carbonyl (C=O) groups is 2. The summed E-state index contributed by atoms with van der Waals surface area (Å²) in [6.07, 6.45) is 0. The van der Waals surface area contributed by atoms with Gasteiger partial charge in [-0.05, 0) is 84.9 Å². The van der Waals surface area contributed by atoms with Crippen molar-refractivity contribution in [1.29, 1.82) is 0 Å². The first kappa shape index (κ1) is 38.5. The van der Waals surface area contributed by atoms with E-state index in [-0.39, 0.29) is 51.8 Å². The minimum Gasteiger partial charge on any atom is -0.478 e. The first-order chi connectivity index (χ1) is 25.5. The molecule has 0 saturated carbocycles. The Morgan fingerprint density at radius 1 is 0.648 bits per heavy atom. The van der Waals surface area contributed by atoms with Crippen LogP contribution in [0.4, 0.5) is 52.0 Å². The van der Waals surface area contributed by atoms with Gasteiger partial charge >= 0.3 is 11.9 Å². The highest BCUT2D eigenvalue weighted by Gasteiger charge is 2.15. The summed E-state index contributed by atoms with van der Waals surface area (Å²) >= 11 is 0. The largest absolute Gasteiger partial charge is 0.478 e. The minimum absolute atomic E-state index is 0.0217. The van der Waals surface area contributed by atoms with E-state index in [9.17, 15) is 45.7 Å². The standard InChI is InChI=1S/C32H28N10O10S2/c1-42(13-14-53(47,48)49)32-36-30(33-21-5-9-23(10-6-21)38-40-25-3-2-4-27(18-25)54(50,51)52)35-31(37-32)34-22-7-11-24(12-8-22)39-41-26-16-19(28(43)44)15-20(17-26)29(45)46/h2-12,15-18H,13-14H2,1H3,(H,43,44)(H,45,46)(H,47,48,49)(H,50,51,52)(H2,33,34,35,36,37). The van der Waals surface area contributed by atoms with E-state index in [1.807, 2.05) is 0 Å². The molecule has 0 unspecified atom stereocenters. The molecule has 0 fully saturated rings. The lowest BCUT2D eigenvalue weighted by Crippen LogP contribution is -2.27. The maximum Gasteiger partial charge on any atom is 0.335 e. The average molecular weight is 777 g/mol. The zero-order valence-electron chi connectivity index (χ0n) is 27.7. The molecule has 4 aromatic carbocycles. The maximum atomic E-state index is 11.4. The highest BCUT2D eigenvalue weighted by Crippen LogP contribution is 2.27. The molecule has 0 amide bonds. The second-order valence-corrected chi connectivity index (χ2v) is 14.1. The van der Waals surface area contributed by atoms with Gasteiger partial charge in [-0.25, -0.2) is 9.59 Å². The minimum atomic E-state index is -4.41. The number of aromatic nitrogens is 3. The summed E-state index contributed by atoms with van der Waals surface area (Å²) in [6.45, 7) is -0.155. The second kappa shape index (κ2) is 16.3. The van der Waals surface area contributed by atoms with E-state index >= 15 is 0 Å². The van der Waals surface area contributed by atoms with Gasteiger partial charge in [-0.3, -0.25) is 9.11 Å². The van der Waals surface area contributed by atoms with E-state index in [1.165, 1.54) is 42.3 Å². The van der Waals surface area contributed by atoms with Crippen LogP contribution in [-0.2, 0) is 20.2 Å². The van der Waals surface area contributed by atoms with Crippen LogP contribution in [0.15, 0.2) is 116 Å². The fourth-order valence-corrected chi connectivity index (χ4v) is 5.36. The Morgan fingerprint density at radius 3 is 1.59 bits per heavy atom. The monoisotopic (exact) mass is 776 g/mol. The lowest BCUT2D eigenvalue weighted by molar-refractivity contribution is 0.0696. The first-order valence-corrected chi connectivity index (χ1v) is 18.2. The van der Waals surface area contributed by atoms with E-state index < -0.39 is 37.9 Å². The molecule has 22 heteroatoms. The molecule has 1 aromatic heterocycles. The van der Waals surface area contributed by atoms with Crippen LogP contribution >= 0.6 is 0 Å². The van der Waals surface area contributed by atoms with Gasteiger partial charge in [-0.2, -0.15) is 52.2 Å². The van der Waals surface area contributed by atoms with Gasteiger partial charge < -0.3 is 25.7 Å². The quantitative estimate of drug-likeness (QED) is 0.0512. The lowest BCUT2D eigenvalue weighted by Gasteiger charge is -2.18. The summed E-state index contributed by atoms with van der Waals surface area (Å²) in [5.41, 5.74) is 1.43. The van der Waals surface area contributed by atoms with E-state index in [0.717, 1.165) is 12.1 Å². The van der Waals surface area contributed by atoms with E-state index in [4.69, 9.17) is 0 Å². The normalized spacial score (nSPS) is 11.8. The molecular formula is C32H28N10O10S2. The van der Waals surface area contributed by atoms with Crippen molar-refractivity contribution in [3.8, 4) is 0 Å². The van der Waals surface area contributed by atoms with Crippen LogP contribution < -0.4 is 15.5 Å². The fourth-order valence-electron chi connectivity index (χ4n) is 4.33. The Labute approximate surface area is 306 Å². The van der Waals surface area contributed by atoms with Gasteiger partial charge in [0.25, 0.3) is 20.2 Å². The molecule has 0 aliphatic heterocycles. The number of anilines is 5. The van der Waals surface area contributed by atoms with Crippen LogP contribution in [0.3, 0.4) is 0 Å². The summed E-state index contributed by atoms with van der Waals surface area (Å²) in [7, 11) is -7.18. The van der Waals surface area contributed by atoms with Crippen molar-refractivity contribution in [3.63, 3.8) is 0 Å². The van der Waals surface area contributed by atoms with Crippen LogP contribution in [0.1, 0.15) is 20.7 Å². The number of hydrogen-bond donors (Lipinski definition) is 6. The molecule has 6 N–H and O–H groups in total. The van der Waals surface area contributed by atoms with Crippen molar-refractivity contribution in [2.24, 2.45) is 20.5 Å². The third-order valence-electron chi connectivity index (χ3n) is 6.99. The number of carboxylic acid groups (broad SMARTS) is 2. The Hall–Kier alpha value is -6.75. The molecule has 0 aliphatic carbocycles. The Balaban J connectivity index is 1.34. The molecule has 0 saturated heterocycles. The molecule has 20 nitrogen and oxygen atoms in total. The van der Waals surface area contributed by atoms with E-state index in [2.05, 4.69) is 46.0 Å². The lowest BCUT2D eigenvalue weighted by atomic mass is 10.1. The topological polar surface area (TPSA) is 299 Å². The number of aromatic carboxylic acids is 2. The number of benzene rings is 4. The van der Waals surface area contributed by atoms with Crippen molar-refractivity contribution in [2.45, 2.75) is 4.90 Å². The highest BCUT2D eigenvalue weighted by molar-refractivity contribution is 7.86. The zero-order valence-corrected chi connectivity index (χ0v) is 29.3. The summed E-state index contributed by atoms with van der Waals surface area (Å²) in [4.78, 5) is 37.0. The Morgan fingerprint density at radius 2 is 1.13 bits per heavy atom. The third-order valence-corrected chi connectivity index (χ3v) is 8.53. The molecule has 0 aliphatic rings. The van der Waals surface area contributed by atoms with Crippen LogP contribution in [0, 0.1) is 0 Å². The van der Waals surface area contributed by atoms with Crippen molar-refractivity contribution in [2.75, 3.05) is 34.9 Å². The first-order valence-electron chi connectivity index (χ1n) is 15.2. The Kier molecular flexibility index (Phi) is 11.6. The van der Waals surface area contributed by atoms with E-state index in [0.29, 0.717) is 22.7 Å². The molecule has 54 heavy (non-hydrogen) atoms. The molecule has 0 radical (unpaired) electrons. The van der Waals surface area contributed by atoms with Crippen LogP contribution in [0.5, 0.6) is 0 Å². The smallest absolute Gasteiger partial charge is 0.335 e. The van der Waals surface area contributed by atoms with Crippen molar-refractivity contribution >= 4 is 84.1 Å². The predicted octanol–water partition coefficient (Wildman–Crippen LogP) is 6.16. The summed E-state index contributed by atoms with van der Waals surface area (Å²) in [5, 5.41) is 40.7. The second-order valence-electron chi connectivity index (χ2n) is 11.1. The third kappa shape index (κ3) is 11.1. The van der Waals surface area contributed by atoms with Crippen LogP contribution in [-0.4, -0.2) is 82.4 Å². The van der Waals surface area contributed by atoms with Crippen molar-refractivity contribution in [1.82, 2.24) is 15.0 Å². The van der Waals surface area contributed by atoms with Crippen molar-refractivity contribution < 1.29 is 45.7 Å². The van der Waals surface area contributed by atoms with Gasteiger partial charge in [-0.15, -0.1) is 0 Å². The number of azo groups is 2. The molecular weight excluding hydrogens is 749 g/mol. The predicted molar refractivity (Wildman–Crippen MR) is 194 cm³/mol. The van der Waals surface area contributed by atoms with Gasteiger partial charge in [0.15, 0.2) is 0 Å². The van der Waals surface area contributed by atoms with E-state index in [1.54, 1.807) is 48.5 Å². The van der Waals surface area contributed by atoms with Gasteiger partial charge in [-0.1, -0.05) is 6.07 Å². The molecule has 5 aromatic rings. The molecule has 1 heterocycles. The molecule has 0 atom stereocenters. The number of hydrogen-bond acceptors (Lipinski definition) is 16. The highest BCUT2D eigenvalue weighted by atomic mass is 32.2. The average Bonchev–Trinajstić information content (AvgIpc) is 3.12. The maximum absolute atomic E-state index is 11.4. The number of rotatable bonds is 15. The van der Waals surface area contributed by atoms with Crippen LogP contribution in [0.2, 0.25) is 0 Å². The number of carboxylic acids is 2. The summed E-state index contributed by atoms with van der Waals surface area (Å²) in [5.74, 6) is -3.10. The van der Waals surface area contributed by atoms with Crippen LogP contribution in [0.25, 0.3) is 0 Å². The van der Waals surface area contributed by atoms with Gasteiger partial charge in [0, 0.05) is 25.0 Å². The molecule has 5 rings (SSSR count). The molecule has 0 bridgehead atoms. The SMILES string of the molecule is CN(CCS(=O)(=O)O)c1nc(Nc2ccc(N=Nc3cc(C(=O)O)cc(C(=O)O)c3)cc2)nc(Nc2ccc(N=Nc3cccc(S(=O)(=O)O)c3)cc2)n1. The molecule has 278 valence electrons.